The van der Waals surface area contributed by atoms with E-state index in [1.54, 1.807) is 18.2 Å². The summed E-state index contributed by atoms with van der Waals surface area (Å²) in [6, 6.07) is 6.40. The Balaban J connectivity index is 2.46. The normalized spacial score (nSPS) is 10.9. The topological polar surface area (TPSA) is 72.1 Å². The standard InChI is InChI=1S/C14H9ClN2O3/c1-20-14(19)7-2-3-8-9(6-7)13(18)17-12-11(8)10(15)4-5-16-12/h2-6H,1H3,(H,16,17,18). The first-order valence-corrected chi connectivity index (χ1v) is 6.18. The molecule has 0 amide bonds. The number of nitrogens with zero attached hydrogens (tertiary/aromatic N) is 1. The van der Waals surface area contributed by atoms with Crippen LogP contribution in [0, 0.1) is 0 Å². The van der Waals surface area contributed by atoms with Crippen molar-refractivity contribution in [1.29, 1.82) is 0 Å². The molecule has 0 unspecified atom stereocenters. The highest BCUT2D eigenvalue weighted by molar-refractivity contribution is 6.37. The molecular weight excluding hydrogens is 280 g/mol. The Hall–Kier alpha value is -2.40. The van der Waals surface area contributed by atoms with Crippen molar-refractivity contribution >= 4 is 39.4 Å². The average Bonchev–Trinajstić information content (AvgIpc) is 2.46. The fourth-order valence-corrected chi connectivity index (χ4v) is 2.41. The number of rotatable bonds is 1. The molecule has 100 valence electrons. The highest BCUT2D eigenvalue weighted by Crippen LogP contribution is 2.27. The summed E-state index contributed by atoms with van der Waals surface area (Å²) in [5, 5.41) is 2.16. The van der Waals surface area contributed by atoms with Crippen LogP contribution in [-0.4, -0.2) is 23.0 Å². The minimum absolute atomic E-state index is 0.310. The van der Waals surface area contributed by atoms with Gasteiger partial charge < -0.3 is 9.72 Å². The van der Waals surface area contributed by atoms with Crippen molar-refractivity contribution in [3.8, 4) is 0 Å². The van der Waals surface area contributed by atoms with Crippen LogP contribution < -0.4 is 5.56 Å². The van der Waals surface area contributed by atoms with E-state index in [-0.39, 0.29) is 5.56 Å². The van der Waals surface area contributed by atoms with Crippen LogP contribution in [0.15, 0.2) is 35.3 Å². The summed E-state index contributed by atoms with van der Waals surface area (Å²) in [7, 11) is 1.29. The number of halogens is 1. The zero-order chi connectivity index (χ0) is 14.3. The molecule has 1 aromatic carbocycles. The van der Waals surface area contributed by atoms with Gasteiger partial charge in [0, 0.05) is 17.0 Å². The molecular formula is C14H9ClN2O3. The van der Waals surface area contributed by atoms with Crippen LogP contribution in [-0.2, 0) is 4.74 Å². The molecule has 0 atom stereocenters. The maximum atomic E-state index is 12.1. The third-order valence-corrected chi connectivity index (χ3v) is 3.40. The predicted molar refractivity (Wildman–Crippen MR) is 76.2 cm³/mol. The van der Waals surface area contributed by atoms with E-state index in [1.807, 2.05) is 0 Å². The average molecular weight is 289 g/mol. The van der Waals surface area contributed by atoms with Crippen LogP contribution in [0.2, 0.25) is 5.02 Å². The first-order valence-electron chi connectivity index (χ1n) is 5.80. The van der Waals surface area contributed by atoms with Gasteiger partial charge in [-0.3, -0.25) is 4.79 Å². The van der Waals surface area contributed by atoms with E-state index < -0.39 is 5.97 Å². The van der Waals surface area contributed by atoms with Gasteiger partial charge in [0.05, 0.1) is 17.7 Å². The fraction of sp³-hybridized carbons (Fsp3) is 0.0714. The van der Waals surface area contributed by atoms with Gasteiger partial charge in [-0.15, -0.1) is 0 Å². The number of benzene rings is 1. The monoisotopic (exact) mass is 288 g/mol. The fourth-order valence-electron chi connectivity index (χ4n) is 2.16. The molecule has 0 radical (unpaired) electrons. The number of pyridine rings is 2. The number of carbonyl (C=O) groups is 1. The Bertz CT molecular complexity index is 902. The number of carbonyl (C=O) groups excluding carboxylic acids is 1. The highest BCUT2D eigenvalue weighted by Gasteiger charge is 2.12. The molecule has 5 nitrogen and oxygen atoms in total. The summed E-state index contributed by atoms with van der Waals surface area (Å²) in [6.45, 7) is 0. The zero-order valence-electron chi connectivity index (χ0n) is 10.4. The number of hydrogen-bond acceptors (Lipinski definition) is 4. The van der Waals surface area contributed by atoms with Crippen molar-refractivity contribution in [2.75, 3.05) is 7.11 Å². The molecule has 2 heterocycles. The second-order valence-electron chi connectivity index (χ2n) is 4.22. The lowest BCUT2D eigenvalue weighted by Gasteiger charge is -2.06. The second-order valence-corrected chi connectivity index (χ2v) is 4.63. The Morgan fingerprint density at radius 3 is 2.85 bits per heavy atom. The molecule has 0 saturated carbocycles. The van der Waals surface area contributed by atoms with Crippen LogP contribution >= 0.6 is 11.6 Å². The Morgan fingerprint density at radius 2 is 2.10 bits per heavy atom. The molecule has 3 rings (SSSR count). The van der Waals surface area contributed by atoms with Crippen LogP contribution in [0.1, 0.15) is 10.4 Å². The lowest BCUT2D eigenvalue weighted by Crippen LogP contribution is -2.09. The number of methoxy groups -OCH3 is 1. The molecule has 0 aliphatic heterocycles. The quantitative estimate of drug-likeness (QED) is 0.552. The van der Waals surface area contributed by atoms with E-state index in [0.717, 1.165) is 0 Å². The van der Waals surface area contributed by atoms with Gasteiger partial charge in [-0.2, -0.15) is 0 Å². The van der Waals surface area contributed by atoms with E-state index in [2.05, 4.69) is 14.7 Å². The van der Waals surface area contributed by atoms with Crippen molar-refractivity contribution in [3.63, 3.8) is 0 Å². The Morgan fingerprint density at radius 1 is 1.30 bits per heavy atom. The Kier molecular flexibility index (Phi) is 2.91. The lowest BCUT2D eigenvalue weighted by atomic mass is 10.1. The van der Waals surface area contributed by atoms with Gasteiger partial charge in [0.25, 0.3) is 5.56 Å². The SMILES string of the molecule is COC(=O)c1ccc2c(c1)c(=O)[nH]c1nccc(Cl)c12. The maximum Gasteiger partial charge on any atom is 0.337 e. The van der Waals surface area contributed by atoms with Gasteiger partial charge in [-0.05, 0) is 23.6 Å². The molecule has 6 heteroatoms. The molecule has 0 bridgehead atoms. The smallest absolute Gasteiger partial charge is 0.337 e. The highest BCUT2D eigenvalue weighted by atomic mass is 35.5. The Labute approximate surface area is 118 Å². The number of aromatic amines is 1. The minimum Gasteiger partial charge on any atom is -0.465 e. The summed E-state index contributed by atoms with van der Waals surface area (Å²) in [5.41, 5.74) is 0.402. The summed E-state index contributed by atoms with van der Waals surface area (Å²) in [5.74, 6) is -0.497. The third kappa shape index (κ3) is 1.83. The van der Waals surface area contributed by atoms with Gasteiger partial charge in [0.15, 0.2) is 0 Å². The van der Waals surface area contributed by atoms with Crippen molar-refractivity contribution in [3.05, 3.63) is 51.4 Å². The third-order valence-electron chi connectivity index (χ3n) is 3.09. The van der Waals surface area contributed by atoms with Gasteiger partial charge in [-0.1, -0.05) is 17.7 Å². The summed E-state index contributed by atoms with van der Waals surface area (Å²) in [6.07, 6.45) is 1.52. The van der Waals surface area contributed by atoms with Crippen LogP contribution in [0.3, 0.4) is 0 Å². The summed E-state index contributed by atoms with van der Waals surface area (Å²) >= 11 is 6.16. The minimum atomic E-state index is -0.497. The maximum absolute atomic E-state index is 12.1. The molecule has 3 aromatic rings. The van der Waals surface area contributed by atoms with E-state index in [1.165, 1.54) is 19.4 Å². The number of fused-ring (bicyclic) bond motifs is 3. The zero-order valence-corrected chi connectivity index (χ0v) is 11.2. The summed E-state index contributed by atoms with van der Waals surface area (Å²) in [4.78, 5) is 30.4. The molecule has 0 aliphatic carbocycles. The first-order chi connectivity index (χ1) is 9.61. The van der Waals surface area contributed by atoms with E-state index in [0.29, 0.717) is 32.4 Å². The van der Waals surface area contributed by atoms with Crippen LogP contribution in [0.4, 0.5) is 0 Å². The molecule has 1 N–H and O–H groups in total. The molecule has 2 aromatic heterocycles. The van der Waals surface area contributed by atoms with E-state index in [9.17, 15) is 9.59 Å². The number of esters is 1. The lowest BCUT2D eigenvalue weighted by molar-refractivity contribution is 0.0601. The van der Waals surface area contributed by atoms with Crippen molar-refractivity contribution in [1.82, 2.24) is 9.97 Å². The van der Waals surface area contributed by atoms with E-state index >= 15 is 0 Å². The second kappa shape index (κ2) is 4.61. The molecule has 20 heavy (non-hydrogen) atoms. The first kappa shape index (κ1) is 12.6. The van der Waals surface area contributed by atoms with Gasteiger partial charge in [-0.25, -0.2) is 9.78 Å². The largest absolute Gasteiger partial charge is 0.465 e. The van der Waals surface area contributed by atoms with Crippen LogP contribution in [0.5, 0.6) is 0 Å². The predicted octanol–water partition coefficient (Wildman–Crippen LogP) is 2.52. The summed E-state index contributed by atoms with van der Waals surface area (Å²) < 4.78 is 4.65. The number of aromatic nitrogens is 2. The molecule has 0 aliphatic rings. The van der Waals surface area contributed by atoms with Gasteiger partial charge >= 0.3 is 5.97 Å². The van der Waals surface area contributed by atoms with Crippen molar-refractivity contribution in [2.24, 2.45) is 0 Å². The number of ether oxygens (including phenoxy) is 1. The van der Waals surface area contributed by atoms with Gasteiger partial charge in [0.2, 0.25) is 0 Å². The number of nitrogens with one attached hydrogen (secondary N) is 1. The van der Waals surface area contributed by atoms with Crippen LogP contribution in [0.25, 0.3) is 21.8 Å². The van der Waals surface area contributed by atoms with Crippen molar-refractivity contribution < 1.29 is 9.53 Å². The van der Waals surface area contributed by atoms with Gasteiger partial charge in [0.1, 0.15) is 5.65 Å². The molecule has 0 spiro atoms. The van der Waals surface area contributed by atoms with Crippen molar-refractivity contribution in [2.45, 2.75) is 0 Å². The van der Waals surface area contributed by atoms with E-state index in [4.69, 9.17) is 11.6 Å². The molecule has 0 fully saturated rings. The number of hydrogen-bond donors (Lipinski definition) is 1. The number of H-pyrrole nitrogens is 1. The molecule has 0 saturated heterocycles.